The van der Waals surface area contributed by atoms with Crippen LogP contribution in [-0.4, -0.2) is 24.5 Å². The van der Waals surface area contributed by atoms with E-state index in [2.05, 4.69) is 17.4 Å². The summed E-state index contributed by atoms with van der Waals surface area (Å²) < 4.78 is 11.6. The highest BCUT2D eigenvalue weighted by Gasteiger charge is 2.42. The van der Waals surface area contributed by atoms with E-state index in [9.17, 15) is 9.59 Å². The molecule has 0 spiro atoms. The van der Waals surface area contributed by atoms with E-state index >= 15 is 0 Å². The van der Waals surface area contributed by atoms with Crippen molar-refractivity contribution in [3.8, 4) is 5.75 Å². The van der Waals surface area contributed by atoms with E-state index in [1.165, 1.54) is 5.56 Å². The number of allylic oxidation sites excluding steroid dienone is 3. The van der Waals surface area contributed by atoms with Gasteiger partial charge in [-0.25, -0.2) is 4.79 Å². The molecule has 1 N–H and O–H groups in total. The summed E-state index contributed by atoms with van der Waals surface area (Å²) in [5, 5.41) is 3.45. The SMILES string of the molecule is CCOc1ccc([C@H]2C(C(=O)OC3CCCC3)=C(C)NC3=C2C(=O)C[C@H](c2ccccc2)C3)cc1. The van der Waals surface area contributed by atoms with Crippen LogP contribution in [0.5, 0.6) is 5.75 Å². The van der Waals surface area contributed by atoms with Crippen LogP contribution in [0.1, 0.15) is 75.3 Å². The van der Waals surface area contributed by atoms with Gasteiger partial charge >= 0.3 is 5.97 Å². The number of hydrogen-bond donors (Lipinski definition) is 1. The lowest BCUT2D eigenvalue weighted by molar-refractivity contribution is -0.144. The molecule has 35 heavy (non-hydrogen) atoms. The zero-order valence-corrected chi connectivity index (χ0v) is 20.5. The van der Waals surface area contributed by atoms with Crippen LogP contribution in [-0.2, 0) is 14.3 Å². The van der Waals surface area contributed by atoms with Gasteiger partial charge in [-0.2, -0.15) is 0 Å². The van der Waals surface area contributed by atoms with Gasteiger partial charge in [-0.1, -0.05) is 42.5 Å². The van der Waals surface area contributed by atoms with Gasteiger partial charge in [0.25, 0.3) is 0 Å². The number of carbonyl (C=O) groups is 2. The summed E-state index contributed by atoms with van der Waals surface area (Å²) in [6, 6.07) is 18.0. The van der Waals surface area contributed by atoms with Crippen molar-refractivity contribution in [3.63, 3.8) is 0 Å². The third-order valence-corrected chi connectivity index (χ3v) is 7.42. The number of Topliss-reactive ketones (excluding diaryl/α,β-unsaturated/α-hetero) is 1. The monoisotopic (exact) mass is 471 g/mol. The van der Waals surface area contributed by atoms with Gasteiger partial charge in [-0.3, -0.25) is 4.79 Å². The number of benzene rings is 2. The first-order chi connectivity index (χ1) is 17.0. The highest BCUT2D eigenvalue weighted by atomic mass is 16.5. The van der Waals surface area contributed by atoms with E-state index in [-0.39, 0.29) is 23.8 Å². The summed E-state index contributed by atoms with van der Waals surface area (Å²) >= 11 is 0. The number of rotatable bonds is 6. The maximum Gasteiger partial charge on any atom is 0.337 e. The van der Waals surface area contributed by atoms with Crippen molar-refractivity contribution in [1.82, 2.24) is 5.32 Å². The topological polar surface area (TPSA) is 64.6 Å². The predicted molar refractivity (Wildman–Crippen MR) is 135 cm³/mol. The lowest BCUT2D eigenvalue weighted by Gasteiger charge is -2.37. The number of carbonyl (C=O) groups excluding carboxylic acids is 2. The molecule has 0 unspecified atom stereocenters. The number of esters is 1. The Morgan fingerprint density at radius 3 is 2.37 bits per heavy atom. The first-order valence-electron chi connectivity index (χ1n) is 12.8. The predicted octanol–water partition coefficient (Wildman–Crippen LogP) is 5.93. The molecule has 2 aliphatic carbocycles. The van der Waals surface area contributed by atoms with Crippen molar-refractivity contribution in [2.24, 2.45) is 0 Å². The summed E-state index contributed by atoms with van der Waals surface area (Å²) in [4.78, 5) is 27.2. The molecule has 182 valence electrons. The van der Waals surface area contributed by atoms with Gasteiger partial charge in [0, 0.05) is 29.3 Å². The van der Waals surface area contributed by atoms with E-state index in [4.69, 9.17) is 9.47 Å². The van der Waals surface area contributed by atoms with E-state index in [1.54, 1.807) is 0 Å². The van der Waals surface area contributed by atoms with Crippen molar-refractivity contribution < 1.29 is 19.1 Å². The summed E-state index contributed by atoms with van der Waals surface area (Å²) in [6.45, 7) is 4.46. The lowest BCUT2D eigenvalue weighted by Crippen LogP contribution is -2.36. The zero-order chi connectivity index (χ0) is 24.4. The molecule has 1 saturated carbocycles. The average molecular weight is 472 g/mol. The second-order valence-electron chi connectivity index (χ2n) is 9.74. The number of hydrogen-bond acceptors (Lipinski definition) is 5. The Morgan fingerprint density at radius 2 is 1.69 bits per heavy atom. The number of dihydropyridines is 1. The first-order valence-corrected chi connectivity index (χ1v) is 12.8. The molecule has 5 nitrogen and oxygen atoms in total. The molecule has 2 aromatic carbocycles. The lowest BCUT2D eigenvalue weighted by atomic mass is 9.71. The molecule has 3 aliphatic rings. The maximum absolute atomic E-state index is 13.7. The third-order valence-electron chi connectivity index (χ3n) is 7.42. The van der Waals surface area contributed by atoms with Crippen LogP contribution in [0, 0.1) is 0 Å². The minimum atomic E-state index is -0.444. The molecule has 1 fully saturated rings. The molecule has 5 heteroatoms. The normalized spacial score (nSPS) is 22.6. The van der Waals surface area contributed by atoms with E-state index in [0.717, 1.165) is 54.8 Å². The fourth-order valence-electron chi connectivity index (χ4n) is 5.75. The summed E-state index contributed by atoms with van der Waals surface area (Å²) in [5.41, 5.74) is 5.01. The molecule has 0 bridgehead atoms. The molecule has 0 aromatic heterocycles. The largest absolute Gasteiger partial charge is 0.494 e. The van der Waals surface area contributed by atoms with Crippen molar-refractivity contribution in [3.05, 3.63) is 88.3 Å². The molecule has 0 radical (unpaired) electrons. The smallest absolute Gasteiger partial charge is 0.337 e. The van der Waals surface area contributed by atoms with Crippen molar-refractivity contribution in [2.45, 2.75) is 70.3 Å². The van der Waals surface area contributed by atoms with Gasteiger partial charge in [0.15, 0.2) is 5.78 Å². The van der Waals surface area contributed by atoms with Crippen LogP contribution in [0.2, 0.25) is 0 Å². The minimum Gasteiger partial charge on any atom is -0.494 e. The number of nitrogens with one attached hydrogen (secondary N) is 1. The fraction of sp³-hybridized carbons (Fsp3) is 0.400. The van der Waals surface area contributed by atoms with Gasteiger partial charge in [-0.15, -0.1) is 0 Å². The summed E-state index contributed by atoms with van der Waals surface area (Å²) in [7, 11) is 0. The average Bonchev–Trinajstić information content (AvgIpc) is 3.37. The fourth-order valence-corrected chi connectivity index (χ4v) is 5.75. The van der Waals surface area contributed by atoms with Crippen molar-refractivity contribution >= 4 is 11.8 Å². The Kier molecular flexibility index (Phi) is 6.76. The second kappa shape index (κ2) is 10.1. The third kappa shape index (κ3) is 4.77. The highest BCUT2D eigenvalue weighted by Crippen LogP contribution is 2.46. The number of ketones is 1. The summed E-state index contributed by atoms with van der Waals surface area (Å²) in [5.74, 6) is 0.223. The Balaban J connectivity index is 1.53. The van der Waals surface area contributed by atoms with Crippen LogP contribution >= 0.6 is 0 Å². The standard InChI is InChI=1S/C30H33NO4/c1-3-34-23-15-13-21(14-16-23)28-27(30(33)35-24-11-7-8-12-24)19(2)31-25-17-22(18-26(32)29(25)28)20-9-5-4-6-10-20/h4-6,9-10,13-16,22,24,28,31H,3,7-8,11-12,17-18H2,1-2H3/t22-,28+/m1/s1. The molecule has 2 aromatic rings. The molecule has 5 rings (SSSR count). The zero-order valence-electron chi connectivity index (χ0n) is 20.5. The van der Waals surface area contributed by atoms with E-state index < -0.39 is 5.92 Å². The second-order valence-corrected chi connectivity index (χ2v) is 9.74. The first kappa shape index (κ1) is 23.4. The quantitative estimate of drug-likeness (QED) is 0.529. The molecule has 2 atom stereocenters. The van der Waals surface area contributed by atoms with Crippen LogP contribution in [0.4, 0.5) is 0 Å². The number of ether oxygens (including phenoxy) is 2. The van der Waals surface area contributed by atoms with Gasteiger partial charge in [0.1, 0.15) is 11.9 Å². The minimum absolute atomic E-state index is 0.0383. The molecule has 0 amide bonds. The van der Waals surface area contributed by atoms with Crippen molar-refractivity contribution in [2.75, 3.05) is 6.61 Å². The molecular weight excluding hydrogens is 438 g/mol. The Bertz CT molecular complexity index is 1160. The van der Waals surface area contributed by atoms with E-state index in [0.29, 0.717) is 24.2 Å². The Morgan fingerprint density at radius 1 is 0.971 bits per heavy atom. The Hall–Kier alpha value is -3.34. The van der Waals surface area contributed by atoms with Crippen LogP contribution < -0.4 is 10.1 Å². The van der Waals surface area contributed by atoms with Crippen molar-refractivity contribution in [1.29, 1.82) is 0 Å². The van der Waals surface area contributed by atoms with Crippen LogP contribution in [0.25, 0.3) is 0 Å². The van der Waals surface area contributed by atoms with Gasteiger partial charge in [0.05, 0.1) is 12.2 Å². The van der Waals surface area contributed by atoms with Crippen LogP contribution in [0.3, 0.4) is 0 Å². The highest BCUT2D eigenvalue weighted by molar-refractivity contribution is 6.04. The Labute approximate surface area is 207 Å². The van der Waals surface area contributed by atoms with E-state index in [1.807, 2.05) is 56.3 Å². The van der Waals surface area contributed by atoms with Gasteiger partial charge < -0.3 is 14.8 Å². The summed E-state index contributed by atoms with van der Waals surface area (Å²) in [6.07, 6.45) is 5.12. The molecule has 0 saturated heterocycles. The van der Waals surface area contributed by atoms with Crippen LogP contribution in [0.15, 0.2) is 77.1 Å². The maximum atomic E-state index is 13.7. The molecular formula is C30H33NO4. The molecule has 1 heterocycles. The molecule has 1 aliphatic heterocycles. The van der Waals surface area contributed by atoms with Gasteiger partial charge in [-0.05, 0) is 75.1 Å². The van der Waals surface area contributed by atoms with Gasteiger partial charge in [0.2, 0.25) is 0 Å².